The van der Waals surface area contributed by atoms with Gasteiger partial charge in [-0.1, -0.05) is 0 Å². The first-order chi connectivity index (χ1) is 6.38. The maximum absolute atomic E-state index is 5.26. The number of nitrogens with zero attached hydrogens (tertiary/aromatic N) is 3. The number of hydrogen-bond acceptors (Lipinski definition) is 5. The van der Waals surface area contributed by atoms with E-state index in [1.54, 1.807) is 0 Å². The Kier molecular flexibility index (Phi) is 2.56. The largest absolute Gasteiger partial charge is 0.426 e. The van der Waals surface area contributed by atoms with E-state index in [9.17, 15) is 0 Å². The lowest BCUT2D eigenvalue weighted by atomic mass is 10.2. The van der Waals surface area contributed by atoms with Crippen LogP contribution in [0.4, 0.5) is 0 Å². The molecule has 0 bridgehead atoms. The predicted molar refractivity (Wildman–Crippen MR) is 45.1 cm³/mol. The Hall–Kier alpha value is -0.940. The smallest absolute Gasteiger partial charge is 0.233 e. The number of rotatable bonds is 2. The van der Waals surface area contributed by atoms with Crippen molar-refractivity contribution in [3.63, 3.8) is 0 Å². The van der Waals surface area contributed by atoms with Crippen molar-refractivity contribution in [1.82, 2.24) is 15.1 Å². The maximum Gasteiger partial charge on any atom is 0.233 e. The van der Waals surface area contributed by atoms with Gasteiger partial charge >= 0.3 is 0 Å². The fraction of sp³-hybridized carbons (Fsp3) is 0.750. The molecule has 5 nitrogen and oxygen atoms in total. The molecule has 1 saturated heterocycles. The third-order valence-corrected chi connectivity index (χ3v) is 2.33. The standard InChI is InChI=1S/C8H13N3O2/c1-7(8-10-9-6-13-8)11-2-4-12-5-3-11/h6-7H,2-5H2,1H3/t7-/m0/s1. The Labute approximate surface area is 76.7 Å². The molecule has 0 saturated carbocycles. The second-order valence-electron chi connectivity index (χ2n) is 3.10. The molecule has 0 aliphatic carbocycles. The van der Waals surface area contributed by atoms with Crippen LogP contribution in [0.15, 0.2) is 10.8 Å². The summed E-state index contributed by atoms with van der Waals surface area (Å²) < 4.78 is 10.4. The summed E-state index contributed by atoms with van der Waals surface area (Å²) in [4.78, 5) is 2.27. The van der Waals surface area contributed by atoms with E-state index in [1.165, 1.54) is 6.39 Å². The molecular weight excluding hydrogens is 170 g/mol. The lowest BCUT2D eigenvalue weighted by Crippen LogP contribution is -2.38. The summed E-state index contributed by atoms with van der Waals surface area (Å²) in [6.45, 7) is 5.52. The van der Waals surface area contributed by atoms with Crippen molar-refractivity contribution in [3.05, 3.63) is 12.3 Å². The van der Waals surface area contributed by atoms with E-state index < -0.39 is 0 Å². The van der Waals surface area contributed by atoms with Gasteiger partial charge in [0.05, 0.1) is 19.3 Å². The van der Waals surface area contributed by atoms with Gasteiger partial charge in [-0.2, -0.15) is 0 Å². The molecule has 0 amide bonds. The lowest BCUT2D eigenvalue weighted by molar-refractivity contribution is 0.0145. The lowest BCUT2D eigenvalue weighted by Gasteiger charge is -2.30. The van der Waals surface area contributed by atoms with Gasteiger partial charge in [-0.25, -0.2) is 0 Å². The molecule has 1 fully saturated rings. The van der Waals surface area contributed by atoms with E-state index >= 15 is 0 Å². The van der Waals surface area contributed by atoms with Crippen LogP contribution in [0.3, 0.4) is 0 Å². The van der Waals surface area contributed by atoms with Gasteiger partial charge in [0.25, 0.3) is 0 Å². The van der Waals surface area contributed by atoms with Gasteiger partial charge in [-0.05, 0) is 6.92 Å². The zero-order valence-corrected chi connectivity index (χ0v) is 7.64. The highest BCUT2D eigenvalue weighted by Crippen LogP contribution is 2.18. The van der Waals surface area contributed by atoms with Crippen molar-refractivity contribution < 1.29 is 9.15 Å². The minimum Gasteiger partial charge on any atom is -0.426 e. The molecule has 0 unspecified atom stereocenters. The van der Waals surface area contributed by atoms with Crippen LogP contribution in [-0.4, -0.2) is 41.4 Å². The summed E-state index contributed by atoms with van der Waals surface area (Å²) in [7, 11) is 0. The van der Waals surface area contributed by atoms with Gasteiger partial charge in [0.15, 0.2) is 0 Å². The van der Waals surface area contributed by atoms with Gasteiger partial charge in [-0.3, -0.25) is 4.90 Å². The minimum atomic E-state index is 0.200. The maximum atomic E-state index is 5.26. The first kappa shape index (κ1) is 8.65. The van der Waals surface area contributed by atoms with E-state index in [1.807, 2.05) is 0 Å². The summed E-state index contributed by atoms with van der Waals surface area (Å²) in [5.41, 5.74) is 0. The fourth-order valence-electron chi connectivity index (χ4n) is 1.48. The molecule has 1 aromatic heterocycles. The zero-order chi connectivity index (χ0) is 9.10. The number of hydrogen-bond donors (Lipinski definition) is 0. The van der Waals surface area contributed by atoms with Gasteiger partial charge in [0.1, 0.15) is 0 Å². The monoisotopic (exact) mass is 183 g/mol. The Morgan fingerprint density at radius 1 is 1.46 bits per heavy atom. The second kappa shape index (κ2) is 3.85. The second-order valence-corrected chi connectivity index (χ2v) is 3.10. The molecule has 1 atom stereocenters. The number of morpholine rings is 1. The Bertz CT molecular complexity index is 244. The molecule has 0 N–H and O–H groups in total. The van der Waals surface area contributed by atoms with Crippen molar-refractivity contribution in [2.75, 3.05) is 26.3 Å². The molecule has 1 aliphatic heterocycles. The van der Waals surface area contributed by atoms with Gasteiger partial charge in [0.2, 0.25) is 12.3 Å². The third kappa shape index (κ3) is 1.87. The average Bonchev–Trinajstić information content (AvgIpc) is 2.71. The highest BCUT2D eigenvalue weighted by atomic mass is 16.5. The van der Waals surface area contributed by atoms with Crippen molar-refractivity contribution in [2.24, 2.45) is 0 Å². The topological polar surface area (TPSA) is 51.4 Å². The van der Waals surface area contributed by atoms with Crippen LogP contribution < -0.4 is 0 Å². The van der Waals surface area contributed by atoms with Crippen LogP contribution in [0.25, 0.3) is 0 Å². The number of aromatic nitrogens is 2. The molecule has 5 heteroatoms. The van der Waals surface area contributed by atoms with Crippen molar-refractivity contribution >= 4 is 0 Å². The van der Waals surface area contributed by atoms with Crippen LogP contribution in [0.1, 0.15) is 18.9 Å². The number of ether oxygens (including phenoxy) is 1. The summed E-state index contributed by atoms with van der Waals surface area (Å²) in [6.07, 6.45) is 1.37. The van der Waals surface area contributed by atoms with E-state index in [0.29, 0.717) is 5.89 Å². The van der Waals surface area contributed by atoms with E-state index in [2.05, 4.69) is 22.0 Å². The summed E-state index contributed by atoms with van der Waals surface area (Å²) in [5.74, 6) is 0.682. The Morgan fingerprint density at radius 3 is 2.85 bits per heavy atom. The molecule has 72 valence electrons. The van der Waals surface area contributed by atoms with E-state index in [4.69, 9.17) is 9.15 Å². The van der Waals surface area contributed by atoms with E-state index in [0.717, 1.165) is 26.3 Å². The van der Waals surface area contributed by atoms with Crippen molar-refractivity contribution in [2.45, 2.75) is 13.0 Å². The van der Waals surface area contributed by atoms with Crippen LogP contribution in [0.5, 0.6) is 0 Å². The molecular formula is C8H13N3O2. The SMILES string of the molecule is C[C@@H](c1nnco1)N1CCOCC1. The first-order valence-electron chi connectivity index (χ1n) is 4.46. The molecule has 1 aromatic rings. The molecule has 0 radical (unpaired) electrons. The average molecular weight is 183 g/mol. The Morgan fingerprint density at radius 2 is 2.23 bits per heavy atom. The van der Waals surface area contributed by atoms with Crippen LogP contribution in [0, 0.1) is 0 Å². The first-order valence-corrected chi connectivity index (χ1v) is 4.46. The normalized spacial score (nSPS) is 21.6. The van der Waals surface area contributed by atoms with Crippen LogP contribution in [0.2, 0.25) is 0 Å². The molecule has 0 spiro atoms. The van der Waals surface area contributed by atoms with Crippen LogP contribution in [-0.2, 0) is 4.74 Å². The quantitative estimate of drug-likeness (QED) is 0.666. The van der Waals surface area contributed by atoms with Crippen molar-refractivity contribution in [3.8, 4) is 0 Å². The molecule has 2 rings (SSSR count). The van der Waals surface area contributed by atoms with E-state index in [-0.39, 0.29) is 6.04 Å². The summed E-state index contributed by atoms with van der Waals surface area (Å²) >= 11 is 0. The van der Waals surface area contributed by atoms with Crippen molar-refractivity contribution in [1.29, 1.82) is 0 Å². The summed E-state index contributed by atoms with van der Waals surface area (Å²) in [5, 5.41) is 7.56. The van der Waals surface area contributed by atoms with Crippen LogP contribution >= 0.6 is 0 Å². The molecule has 2 heterocycles. The highest BCUT2D eigenvalue weighted by Gasteiger charge is 2.21. The van der Waals surface area contributed by atoms with Gasteiger partial charge in [-0.15, -0.1) is 10.2 Å². The minimum absolute atomic E-state index is 0.200. The Balaban J connectivity index is 1.99. The molecule has 13 heavy (non-hydrogen) atoms. The zero-order valence-electron chi connectivity index (χ0n) is 7.64. The van der Waals surface area contributed by atoms with Gasteiger partial charge in [0, 0.05) is 13.1 Å². The summed E-state index contributed by atoms with van der Waals surface area (Å²) in [6, 6.07) is 0.200. The molecule has 0 aromatic carbocycles. The third-order valence-electron chi connectivity index (χ3n) is 2.33. The molecule has 1 aliphatic rings. The van der Waals surface area contributed by atoms with Gasteiger partial charge < -0.3 is 9.15 Å². The fourth-order valence-corrected chi connectivity index (χ4v) is 1.48. The predicted octanol–water partition coefficient (Wildman–Crippen LogP) is 0.463. The highest BCUT2D eigenvalue weighted by molar-refractivity contribution is 4.85.